The van der Waals surface area contributed by atoms with Crippen LogP contribution in [0.4, 0.5) is 0 Å². The minimum atomic E-state index is -0.411. The molecule has 2 nitrogen and oxygen atoms in total. The molecule has 0 amide bonds. The van der Waals surface area contributed by atoms with Gasteiger partial charge in [-0.25, -0.2) is 0 Å². The van der Waals surface area contributed by atoms with Gasteiger partial charge in [-0.2, -0.15) is 5.26 Å². The SMILES string of the molecule is CC.CC.N#CC(N)Cc1ccc2ccccc2c1.[HH]. The van der Waals surface area contributed by atoms with Gasteiger partial charge in [0.2, 0.25) is 0 Å². The average Bonchev–Trinajstić information content (AvgIpc) is 2.51. The van der Waals surface area contributed by atoms with E-state index in [4.69, 9.17) is 11.0 Å². The van der Waals surface area contributed by atoms with Gasteiger partial charge in [0, 0.05) is 7.85 Å². The minimum absolute atomic E-state index is 0. The van der Waals surface area contributed by atoms with Crippen molar-refractivity contribution in [3.63, 3.8) is 0 Å². The molecule has 104 valence electrons. The van der Waals surface area contributed by atoms with Gasteiger partial charge in [0.05, 0.1) is 12.1 Å². The summed E-state index contributed by atoms with van der Waals surface area (Å²) in [6, 6.07) is 16.0. The zero-order valence-electron chi connectivity index (χ0n) is 12.4. The first-order valence-electron chi connectivity index (χ1n) is 6.92. The van der Waals surface area contributed by atoms with Gasteiger partial charge in [0.1, 0.15) is 0 Å². The van der Waals surface area contributed by atoms with E-state index in [9.17, 15) is 0 Å². The second kappa shape index (κ2) is 10.1. The van der Waals surface area contributed by atoms with Crippen LogP contribution in [0.1, 0.15) is 34.7 Å². The number of nitriles is 1. The van der Waals surface area contributed by atoms with E-state index in [0.29, 0.717) is 6.42 Å². The van der Waals surface area contributed by atoms with Crippen LogP contribution in [0.3, 0.4) is 0 Å². The molecule has 0 saturated carbocycles. The molecule has 0 saturated heterocycles. The van der Waals surface area contributed by atoms with Crippen molar-refractivity contribution < 1.29 is 1.43 Å². The second-order valence-corrected chi connectivity index (χ2v) is 3.62. The van der Waals surface area contributed by atoms with Crippen molar-refractivity contribution >= 4 is 10.8 Å². The van der Waals surface area contributed by atoms with Crippen LogP contribution in [0, 0.1) is 11.3 Å². The summed E-state index contributed by atoms with van der Waals surface area (Å²) >= 11 is 0. The molecule has 0 radical (unpaired) electrons. The highest BCUT2D eigenvalue weighted by molar-refractivity contribution is 5.82. The Bertz CT molecular complexity index is 518. The van der Waals surface area contributed by atoms with E-state index in [1.54, 1.807) is 0 Å². The predicted molar refractivity (Wildman–Crippen MR) is 86.1 cm³/mol. The minimum Gasteiger partial charge on any atom is -0.316 e. The van der Waals surface area contributed by atoms with E-state index in [1.165, 1.54) is 10.8 Å². The first-order valence-corrected chi connectivity index (χ1v) is 6.92. The van der Waals surface area contributed by atoms with Gasteiger partial charge in [-0.1, -0.05) is 70.2 Å². The average molecular weight is 258 g/mol. The molecule has 0 aromatic heterocycles. The van der Waals surface area contributed by atoms with Crippen LogP contribution in [-0.2, 0) is 6.42 Å². The third-order valence-corrected chi connectivity index (χ3v) is 2.44. The molecule has 0 aliphatic carbocycles. The predicted octanol–water partition coefficient (Wildman–Crippen LogP) is 4.53. The molecule has 1 unspecified atom stereocenters. The topological polar surface area (TPSA) is 49.8 Å². The van der Waals surface area contributed by atoms with Crippen LogP contribution >= 0.6 is 0 Å². The lowest BCUT2D eigenvalue weighted by Gasteiger charge is -2.04. The smallest absolute Gasteiger partial charge is 0.0968 e. The highest BCUT2D eigenvalue weighted by atomic mass is 14.6. The van der Waals surface area contributed by atoms with Crippen LogP contribution in [-0.4, -0.2) is 6.04 Å². The van der Waals surface area contributed by atoms with Crippen LogP contribution in [0.15, 0.2) is 42.5 Å². The molecule has 0 heterocycles. The Morgan fingerprint density at radius 1 is 1.05 bits per heavy atom. The fourth-order valence-corrected chi connectivity index (χ4v) is 1.67. The van der Waals surface area contributed by atoms with Crippen molar-refractivity contribution in [1.82, 2.24) is 0 Å². The summed E-state index contributed by atoms with van der Waals surface area (Å²) in [6.07, 6.45) is 0.612. The van der Waals surface area contributed by atoms with Crippen molar-refractivity contribution in [2.75, 3.05) is 0 Å². The Kier molecular flexibility index (Phi) is 9.12. The summed E-state index contributed by atoms with van der Waals surface area (Å²) in [5, 5.41) is 11.0. The summed E-state index contributed by atoms with van der Waals surface area (Å²) in [7, 11) is 0. The molecular weight excluding hydrogens is 232 g/mol. The fourth-order valence-electron chi connectivity index (χ4n) is 1.67. The van der Waals surface area contributed by atoms with E-state index in [2.05, 4.69) is 24.3 Å². The van der Waals surface area contributed by atoms with Crippen LogP contribution < -0.4 is 5.73 Å². The van der Waals surface area contributed by atoms with Gasteiger partial charge in [-0.05, 0) is 16.3 Å². The monoisotopic (exact) mass is 258 g/mol. The van der Waals surface area contributed by atoms with Crippen molar-refractivity contribution in [3.05, 3.63) is 48.0 Å². The van der Waals surface area contributed by atoms with Crippen molar-refractivity contribution in [2.45, 2.75) is 40.2 Å². The van der Waals surface area contributed by atoms with Crippen LogP contribution in [0.25, 0.3) is 10.8 Å². The molecule has 2 aromatic carbocycles. The lowest BCUT2D eigenvalue weighted by molar-refractivity contribution is 0.824. The van der Waals surface area contributed by atoms with Gasteiger partial charge in [-0.15, -0.1) is 0 Å². The summed E-state index contributed by atoms with van der Waals surface area (Å²) in [6.45, 7) is 8.00. The van der Waals surface area contributed by atoms with Crippen molar-refractivity contribution in [1.29, 1.82) is 5.26 Å². The molecule has 0 bridgehead atoms. The van der Waals surface area contributed by atoms with E-state index >= 15 is 0 Å². The number of benzene rings is 2. The van der Waals surface area contributed by atoms with Crippen molar-refractivity contribution in [2.24, 2.45) is 5.73 Å². The molecule has 19 heavy (non-hydrogen) atoms. The first kappa shape index (κ1) is 17.2. The number of nitrogens with zero attached hydrogens (tertiary/aromatic N) is 1. The van der Waals surface area contributed by atoms with Gasteiger partial charge >= 0.3 is 0 Å². The Labute approximate surface area is 118 Å². The van der Waals surface area contributed by atoms with E-state index in [1.807, 2.05) is 52.0 Å². The second-order valence-electron chi connectivity index (χ2n) is 3.62. The number of nitrogens with two attached hydrogens (primary N) is 1. The number of fused-ring (bicyclic) bond motifs is 1. The van der Waals surface area contributed by atoms with Crippen molar-refractivity contribution in [3.8, 4) is 6.07 Å². The van der Waals surface area contributed by atoms with E-state index in [0.717, 1.165) is 5.56 Å². The molecule has 2 rings (SSSR count). The zero-order chi connectivity index (χ0) is 14.7. The maximum Gasteiger partial charge on any atom is 0.0968 e. The van der Waals surface area contributed by atoms with Gasteiger partial charge in [0.25, 0.3) is 0 Å². The van der Waals surface area contributed by atoms with E-state index < -0.39 is 6.04 Å². The highest BCUT2D eigenvalue weighted by Crippen LogP contribution is 2.16. The first-order chi connectivity index (χ1) is 9.29. The summed E-state index contributed by atoms with van der Waals surface area (Å²) < 4.78 is 0. The Hall–Kier alpha value is -1.85. The molecule has 2 aromatic rings. The third-order valence-electron chi connectivity index (χ3n) is 2.44. The maximum absolute atomic E-state index is 8.63. The summed E-state index contributed by atoms with van der Waals surface area (Å²) in [5.41, 5.74) is 6.70. The van der Waals surface area contributed by atoms with Gasteiger partial charge in [-0.3, -0.25) is 0 Å². The standard InChI is InChI=1S/C13H12N2.2C2H6.H2/c14-9-13(15)8-10-5-6-11-3-1-2-4-12(11)7-10;2*1-2;/h1-7,13H,8,15H2;2*1-2H3;1H. The van der Waals surface area contributed by atoms with Gasteiger partial charge in [0.15, 0.2) is 0 Å². The summed E-state index contributed by atoms with van der Waals surface area (Å²) in [5.74, 6) is 0. The normalized spacial score (nSPS) is 10.3. The third kappa shape index (κ3) is 5.54. The fraction of sp³-hybridized carbons (Fsp3) is 0.353. The lowest BCUT2D eigenvalue weighted by Crippen LogP contribution is -2.19. The molecule has 0 aliphatic heterocycles. The molecule has 1 atom stereocenters. The number of hydrogen-bond donors (Lipinski definition) is 1. The van der Waals surface area contributed by atoms with Crippen LogP contribution in [0.5, 0.6) is 0 Å². The number of rotatable bonds is 2. The maximum atomic E-state index is 8.63. The lowest BCUT2D eigenvalue weighted by atomic mass is 10.0. The highest BCUT2D eigenvalue weighted by Gasteiger charge is 2.02. The molecule has 0 aliphatic rings. The molecular formula is C17H26N2. The Morgan fingerprint density at radius 2 is 1.63 bits per heavy atom. The zero-order valence-corrected chi connectivity index (χ0v) is 12.4. The Balaban J connectivity index is 0. The molecule has 2 N–H and O–H groups in total. The van der Waals surface area contributed by atoms with E-state index in [-0.39, 0.29) is 1.43 Å². The largest absolute Gasteiger partial charge is 0.316 e. The van der Waals surface area contributed by atoms with Gasteiger partial charge < -0.3 is 5.73 Å². The van der Waals surface area contributed by atoms with Crippen LogP contribution in [0.2, 0.25) is 0 Å². The quantitative estimate of drug-likeness (QED) is 0.860. The number of hydrogen-bond acceptors (Lipinski definition) is 2. The molecule has 0 fully saturated rings. The Morgan fingerprint density at radius 3 is 2.21 bits per heavy atom. The molecule has 2 heteroatoms. The summed E-state index contributed by atoms with van der Waals surface area (Å²) in [4.78, 5) is 0. The molecule has 0 spiro atoms.